The normalized spacial score (nSPS) is 18.5. The molecule has 2 N–H and O–H groups in total. The highest BCUT2D eigenvalue weighted by atomic mass is 19.4. The monoisotopic (exact) mass is 295 g/mol. The molecule has 7 heteroatoms. The number of nitrogens with one attached hydrogen (secondary N) is 2. The molecule has 20 heavy (non-hydrogen) atoms. The van der Waals surface area contributed by atoms with E-state index in [0.717, 1.165) is 6.54 Å². The fourth-order valence-corrected chi connectivity index (χ4v) is 2.42. The number of hydrogen-bond donors (Lipinski definition) is 2. The van der Waals surface area contributed by atoms with Crippen molar-refractivity contribution in [1.29, 1.82) is 0 Å². The van der Waals surface area contributed by atoms with Gasteiger partial charge in [0.15, 0.2) is 0 Å². The van der Waals surface area contributed by atoms with Gasteiger partial charge in [-0.2, -0.15) is 13.2 Å². The van der Waals surface area contributed by atoms with Crippen LogP contribution < -0.4 is 10.6 Å². The number of alkyl halides is 3. The third-order valence-electron chi connectivity index (χ3n) is 3.72. The van der Waals surface area contributed by atoms with E-state index in [1.807, 2.05) is 12.4 Å². The number of likely N-dealkylation sites (N-methyl/N-ethyl adjacent to an activating group) is 1. The lowest BCUT2D eigenvalue weighted by Gasteiger charge is -2.24. The maximum atomic E-state index is 12.0. The molecule has 0 radical (unpaired) electrons. The Hall–Kier alpha value is -0.820. The summed E-state index contributed by atoms with van der Waals surface area (Å²) in [6.45, 7) is 1.68. The molecule has 1 amide bonds. The Morgan fingerprint density at radius 3 is 2.50 bits per heavy atom. The van der Waals surface area contributed by atoms with Crippen LogP contribution in [0.1, 0.15) is 32.6 Å². The summed E-state index contributed by atoms with van der Waals surface area (Å²) in [7, 11) is 2.05. The summed E-state index contributed by atoms with van der Waals surface area (Å²) in [6.07, 6.45) is 0.575. The van der Waals surface area contributed by atoms with Crippen LogP contribution in [0.25, 0.3) is 0 Å². The molecular weight excluding hydrogens is 271 g/mol. The molecule has 1 unspecified atom stereocenters. The van der Waals surface area contributed by atoms with E-state index in [1.54, 1.807) is 6.92 Å². The third kappa shape index (κ3) is 6.56. The van der Waals surface area contributed by atoms with Crippen molar-refractivity contribution in [2.75, 3.05) is 26.7 Å². The zero-order valence-electron chi connectivity index (χ0n) is 12.1. The van der Waals surface area contributed by atoms with Crippen LogP contribution in [0.4, 0.5) is 13.2 Å². The minimum absolute atomic E-state index is 0.591. The first-order valence-electron chi connectivity index (χ1n) is 7.07. The lowest BCUT2D eigenvalue weighted by atomic mass is 10.2. The number of rotatable bonds is 7. The minimum atomic E-state index is -4.36. The topological polar surface area (TPSA) is 44.4 Å². The van der Waals surface area contributed by atoms with Crippen LogP contribution in [0.5, 0.6) is 0 Å². The molecule has 0 aliphatic heterocycles. The molecule has 1 atom stereocenters. The zero-order valence-corrected chi connectivity index (χ0v) is 12.1. The van der Waals surface area contributed by atoms with E-state index in [0.29, 0.717) is 12.6 Å². The Kier molecular flexibility index (Phi) is 6.75. The number of carbonyl (C=O) groups excluding carboxylic acids is 1. The molecule has 1 saturated carbocycles. The molecule has 4 nitrogen and oxygen atoms in total. The molecule has 1 fully saturated rings. The maximum absolute atomic E-state index is 12.0. The van der Waals surface area contributed by atoms with E-state index >= 15 is 0 Å². The van der Waals surface area contributed by atoms with Gasteiger partial charge in [0.05, 0.1) is 6.04 Å². The van der Waals surface area contributed by atoms with Gasteiger partial charge in [0.1, 0.15) is 6.54 Å². The Labute approximate surface area is 118 Å². The fraction of sp³-hybridized carbons (Fsp3) is 0.923. The molecule has 0 heterocycles. The summed E-state index contributed by atoms with van der Waals surface area (Å²) in [5.41, 5.74) is 0. The molecule has 0 aromatic heterocycles. The Morgan fingerprint density at radius 1 is 1.35 bits per heavy atom. The van der Waals surface area contributed by atoms with Crippen LogP contribution in [-0.4, -0.2) is 55.7 Å². The van der Waals surface area contributed by atoms with Crippen molar-refractivity contribution in [2.45, 2.75) is 50.9 Å². The van der Waals surface area contributed by atoms with Crippen molar-refractivity contribution in [3.8, 4) is 0 Å². The van der Waals surface area contributed by atoms with Crippen LogP contribution in [0.15, 0.2) is 0 Å². The van der Waals surface area contributed by atoms with Gasteiger partial charge in [0.2, 0.25) is 5.91 Å². The Bertz CT molecular complexity index is 304. The largest absolute Gasteiger partial charge is 0.405 e. The molecule has 0 spiro atoms. The fourth-order valence-electron chi connectivity index (χ4n) is 2.42. The highest BCUT2D eigenvalue weighted by Gasteiger charge is 2.28. The number of nitrogens with zero attached hydrogens (tertiary/aromatic N) is 1. The smallest absolute Gasteiger partial charge is 0.346 e. The van der Waals surface area contributed by atoms with Crippen LogP contribution >= 0.6 is 0 Å². The third-order valence-corrected chi connectivity index (χ3v) is 3.72. The molecule has 1 rings (SSSR count). The Balaban J connectivity index is 2.15. The lowest BCUT2D eigenvalue weighted by molar-refractivity contribution is -0.139. The van der Waals surface area contributed by atoms with Crippen molar-refractivity contribution < 1.29 is 18.0 Å². The van der Waals surface area contributed by atoms with Crippen molar-refractivity contribution in [1.82, 2.24) is 15.5 Å². The van der Waals surface area contributed by atoms with Gasteiger partial charge in [-0.3, -0.25) is 4.79 Å². The highest BCUT2D eigenvalue weighted by Crippen LogP contribution is 2.21. The average Bonchev–Trinajstić information content (AvgIpc) is 2.88. The van der Waals surface area contributed by atoms with E-state index < -0.39 is 24.7 Å². The number of carbonyl (C=O) groups is 1. The predicted octanol–water partition coefficient (Wildman–Crippen LogP) is 1.52. The van der Waals surface area contributed by atoms with Crippen molar-refractivity contribution in [2.24, 2.45) is 0 Å². The van der Waals surface area contributed by atoms with Crippen LogP contribution in [-0.2, 0) is 4.79 Å². The van der Waals surface area contributed by atoms with Gasteiger partial charge < -0.3 is 15.5 Å². The molecule has 0 aromatic rings. The summed E-state index contributed by atoms with van der Waals surface area (Å²) in [6, 6.07) is -0.0134. The van der Waals surface area contributed by atoms with Gasteiger partial charge in [0, 0.05) is 19.1 Å². The second-order valence-corrected chi connectivity index (χ2v) is 5.43. The van der Waals surface area contributed by atoms with E-state index in [2.05, 4.69) is 10.2 Å². The van der Waals surface area contributed by atoms with Crippen LogP contribution in [0, 0.1) is 0 Å². The molecule has 0 bridgehead atoms. The van der Waals surface area contributed by atoms with Gasteiger partial charge in [-0.1, -0.05) is 12.8 Å². The number of halogens is 3. The molecule has 1 aliphatic carbocycles. The van der Waals surface area contributed by atoms with Gasteiger partial charge in [-0.25, -0.2) is 0 Å². The number of hydrogen-bond acceptors (Lipinski definition) is 3. The lowest BCUT2D eigenvalue weighted by Crippen LogP contribution is -2.47. The summed E-state index contributed by atoms with van der Waals surface area (Å²) < 4.78 is 35.9. The number of amides is 1. The molecular formula is C13H24F3N3O. The predicted molar refractivity (Wildman–Crippen MR) is 71.4 cm³/mol. The standard InChI is InChI=1S/C13H24F3N3O/c1-10(12(20)18-9-13(14,15)16)17-7-8-19(2)11-5-3-4-6-11/h10-11,17H,3-9H2,1-2H3,(H,18,20). The minimum Gasteiger partial charge on any atom is -0.346 e. The van der Waals surface area contributed by atoms with E-state index in [-0.39, 0.29) is 0 Å². The average molecular weight is 295 g/mol. The summed E-state index contributed by atoms with van der Waals surface area (Å²) in [4.78, 5) is 13.7. The zero-order chi connectivity index (χ0) is 15.2. The molecule has 0 saturated heterocycles. The van der Waals surface area contributed by atoms with Crippen molar-refractivity contribution in [3.05, 3.63) is 0 Å². The van der Waals surface area contributed by atoms with Crippen molar-refractivity contribution in [3.63, 3.8) is 0 Å². The Morgan fingerprint density at radius 2 is 1.95 bits per heavy atom. The maximum Gasteiger partial charge on any atom is 0.405 e. The van der Waals surface area contributed by atoms with Gasteiger partial charge in [0.25, 0.3) is 0 Å². The SMILES string of the molecule is CC(NCCN(C)C1CCCC1)C(=O)NCC(F)(F)F. The second-order valence-electron chi connectivity index (χ2n) is 5.43. The second kappa shape index (κ2) is 7.83. The van der Waals surface area contributed by atoms with Crippen LogP contribution in [0.3, 0.4) is 0 Å². The first kappa shape index (κ1) is 17.2. The van der Waals surface area contributed by atoms with Gasteiger partial charge in [-0.05, 0) is 26.8 Å². The van der Waals surface area contributed by atoms with E-state index in [1.165, 1.54) is 25.7 Å². The van der Waals surface area contributed by atoms with Crippen molar-refractivity contribution >= 4 is 5.91 Å². The quantitative estimate of drug-likeness (QED) is 0.748. The first-order valence-corrected chi connectivity index (χ1v) is 7.07. The van der Waals surface area contributed by atoms with Gasteiger partial charge in [-0.15, -0.1) is 0 Å². The molecule has 118 valence electrons. The first-order chi connectivity index (χ1) is 9.29. The van der Waals surface area contributed by atoms with Crippen LogP contribution in [0.2, 0.25) is 0 Å². The summed E-state index contributed by atoms with van der Waals surface area (Å²) >= 11 is 0. The van der Waals surface area contributed by atoms with E-state index in [4.69, 9.17) is 0 Å². The highest BCUT2D eigenvalue weighted by molar-refractivity contribution is 5.81. The van der Waals surface area contributed by atoms with E-state index in [9.17, 15) is 18.0 Å². The summed E-state index contributed by atoms with van der Waals surface area (Å²) in [5.74, 6) is -0.620. The molecule has 0 aromatic carbocycles. The van der Waals surface area contributed by atoms with Gasteiger partial charge >= 0.3 is 6.18 Å². The molecule has 1 aliphatic rings. The summed E-state index contributed by atoms with van der Waals surface area (Å²) in [5, 5.41) is 4.83.